The van der Waals surface area contributed by atoms with Gasteiger partial charge in [0.15, 0.2) is 0 Å². The average Bonchev–Trinajstić information content (AvgIpc) is 2.70. The van der Waals surface area contributed by atoms with Crippen molar-refractivity contribution in [3.63, 3.8) is 0 Å². The zero-order valence-electron chi connectivity index (χ0n) is 15.0. The van der Waals surface area contributed by atoms with E-state index in [1.165, 1.54) is 7.11 Å². The first-order valence-electron chi connectivity index (χ1n) is 8.49. The van der Waals surface area contributed by atoms with Crippen LogP contribution in [0.4, 0.5) is 5.69 Å². The van der Waals surface area contributed by atoms with E-state index in [1.54, 1.807) is 30.3 Å². The van der Waals surface area contributed by atoms with E-state index >= 15 is 0 Å². The largest absolute Gasteiger partial charge is 0.465 e. The van der Waals surface area contributed by atoms with Crippen LogP contribution >= 0.6 is 23.2 Å². The summed E-state index contributed by atoms with van der Waals surface area (Å²) in [7, 11) is 1.30. The molecule has 6 heteroatoms. The van der Waals surface area contributed by atoms with Crippen molar-refractivity contribution in [1.29, 1.82) is 0 Å². The van der Waals surface area contributed by atoms with Crippen LogP contribution < -0.4 is 5.32 Å². The van der Waals surface area contributed by atoms with Crippen LogP contribution in [0.2, 0.25) is 10.0 Å². The van der Waals surface area contributed by atoms with E-state index in [1.807, 2.05) is 36.4 Å². The maximum absolute atomic E-state index is 12.5. The molecule has 0 radical (unpaired) electrons. The Bertz CT molecular complexity index is 1020. The molecule has 0 aromatic heterocycles. The number of anilines is 1. The SMILES string of the molecule is COC(=O)c1ccc(-c2ccccc2)cc1NC(=O)Cc1ccc(Cl)c(Cl)c1. The van der Waals surface area contributed by atoms with Crippen LogP contribution in [0.3, 0.4) is 0 Å². The number of benzene rings is 3. The van der Waals surface area contributed by atoms with Crippen LogP contribution in [0.15, 0.2) is 66.7 Å². The summed E-state index contributed by atoms with van der Waals surface area (Å²) in [6.45, 7) is 0. The lowest BCUT2D eigenvalue weighted by molar-refractivity contribution is -0.115. The lowest BCUT2D eigenvalue weighted by atomic mass is 10.0. The van der Waals surface area contributed by atoms with Gasteiger partial charge in [0.1, 0.15) is 0 Å². The molecule has 0 spiro atoms. The fourth-order valence-electron chi connectivity index (χ4n) is 2.78. The molecular formula is C22H17Cl2NO3. The van der Waals surface area contributed by atoms with Gasteiger partial charge in [-0.15, -0.1) is 0 Å². The molecule has 0 saturated heterocycles. The summed E-state index contributed by atoms with van der Waals surface area (Å²) in [6, 6.07) is 19.9. The highest BCUT2D eigenvalue weighted by Crippen LogP contribution is 2.27. The zero-order chi connectivity index (χ0) is 20.1. The van der Waals surface area contributed by atoms with Crippen molar-refractivity contribution in [2.75, 3.05) is 12.4 Å². The predicted octanol–water partition coefficient (Wildman–Crippen LogP) is 5.63. The number of methoxy groups -OCH3 is 1. The van der Waals surface area contributed by atoms with Crippen LogP contribution in [0.5, 0.6) is 0 Å². The smallest absolute Gasteiger partial charge is 0.339 e. The highest BCUT2D eigenvalue weighted by atomic mass is 35.5. The Balaban J connectivity index is 1.88. The van der Waals surface area contributed by atoms with E-state index < -0.39 is 5.97 Å². The second-order valence-electron chi connectivity index (χ2n) is 6.09. The summed E-state index contributed by atoms with van der Waals surface area (Å²) in [5, 5.41) is 3.61. The normalized spacial score (nSPS) is 10.4. The Morgan fingerprint density at radius 3 is 2.32 bits per heavy atom. The Labute approximate surface area is 173 Å². The first-order valence-corrected chi connectivity index (χ1v) is 9.25. The number of carbonyl (C=O) groups is 2. The van der Waals surface area contributed by atoms with Crippen LogP contribution in [-0.4, -0.2) is 19.0 Å². The number of carbonyl (C=O) groups excluding carboxylic acids is 2. The van der Waals surface area contributed by atoms with E-state index in [0.29, 0.717) is 21.3 Å². The second kappa shape index (κ2) is 8.91. The van der Waals surface area contributed by atoms with Crippen molar-refractivity contribution in [1.82, 2.24) is 0 Å². The molecule has 0 heterocycles. The third kappa shape index (κ3) is 4.71. The van der Waals surface area contributed by atoms with Crippen LogP contribution in [0.25, 0.3) is 11.1 Å². The number of nitrogens with one attached hydrogen (secondary N) is 1. The van der Waals surface area contributed by atoms with Crippen molar-refractivity contribution < 1.29 is 14.3 Å². The number of esters is 1. The Kier molecular flexibility index (Phi) is 6.34. The lowest BCUT2D eigenvalue weighted by Gasteiger charge is -2.12. The molecule has 0 bridgehead atoms. The maximum Gasteiger partial charge on any atom is 0.339 e. The number of ether oxygens (including phenoxy) is 1. The molecule has 3 rings (SSSR count). The molecule has 0 unspecified atom stereocenters. The number of hydrogen-bond acceptors (Lipinski definition) is 3. The molecule has 3 aromatic carbocycles. The van der Waals surface area contributed by atoms with Gasteiger partial charge in [0.05, 0.1) is 34.8 Å². The lowest BCUT2D eigenvalue weighted by Crippen LogP contribution is -2.17. The molecule has 28 heavy (non-hydrogen) atoms. The van der Waals surface area contributed by atoms with Crippen molar-refractivity contribution in [3.05, 3.63) is 87.9 Å². The first kappa shape index (κ1) is 19.9. The minimum absolute atomic E-state index is 0.0903. The third-order valence-electron chi connectivity index (χ3n) is 4.15. The minimum atomic E-state index is -0.524. The fraction of sp³-hybridized carbons (Fsp3) is 0.0909. The summed E-state index contributed by atoms with van der Waals surface area (Å²) >= 11 is 11.9. The van der Waals surface area contributed by atoms with Crippen molar-refractivity contribution in [2.24, 2.45) is 0 Å². The molecule has 142 valence electrons. The molecule has 0 saturated carbocycles. The Morgan fingerprint density at radius 1 is 0.893 bits per heavy atom. The molecule has 3 aromatic rings. The summed E-state index contributed by atoms with van der Waals surface area (Å²) in [5.74, 6) is -0.807. The molecule has 1 amide bonds. The average molecular weight is 414 g/mol. The number of amides is 1. The van der Waals surface area contributed by atoms with Crippen molar-refractivity contribution in [2.45, 2.75) is 6.42 Å². The van der Waals surface area contributed by atoms with Gasteiger partial charge in [0.2, 0.25) is 5.91 Å². The van der Waals surface area contributed by atoms with Crippen LogP contribution in [0, 0.1) is 0 Å². The van der Waals surface area contributed by atoms with E-state index in [0.717, 1.165) is 11.1 Å². The van der Waals surface area contributed by atoms with Gasteiger partial charge >= 0.3 is 5.97 Å². The molecular weight excluding hydrogens is 397 g/mol. The van der Waals surface area contributed by atoms with E-state index in [4.69, 9.17) is 27.9 Å². The van der Waals surface area contributed by atoms with Crippen molar-refractivity contribution in [3.8, 4) is 11.1 Å². The van der Waals surface area contributed by atoms with Gasteiger partial charge in [-0.25, -0.2) is 4.79 Å². The zero-order valence-corrected chi connectivity index (χ0v) is 16.6. The first-order chi connectivity index (χ1) is 13.5. The van der Waals surface area contributed by atoms with Gasteiger partial charge < -0.3 is 10.1 Å². The number of halogens is 2. The fourth-order valence-corrected chi connectivity index (χ4v) is 3.10. The Morgan fingerprint density at radius 2 is 1.64 bits per heavy atom. The van der Waals surface area contributed by atoms with Gasteiger partial charge in [-0.2, -0.15) is 0 Å². The maximum atomic E-state index is 12.5. The van der Waals surface area contributed by atoms with Crippen LogP contribution in [-0.2, 0) is 16.0 Å². The van der Waals surface area contributed by atoms with Gasteiger partial charge in [0.25, 0.3) is 0 Å². The highest BCUT2D eigenvalue weighted by molar-refractivity contribution is 6.42. The summed E-state index contributed by atoms with van der Waals surface area (Å²) in [4.78, 5) is 24.6. The molecule has 0 fully saturated rings. The quantitative estimate of drug-likeness (QED) is 0.551. The van der Waals surface area contributed by atoms with E-state index in [2.05, 4.69) is 5.32 Å². The third-order valence-corrected chi connectivity index (χ3v) is 4.89. The number of hydrogen-bond donors (Lipinski definition) is 1. The second-order valence-corrected chi connectivity index (χ2v) is 6.91. The van der Waals surface area contributed by atoms with E-state index in [-0.39, 0.29) is 17.9 Å². The van der Waals surface area contributed by atoms with Gasteiger partial charge in [-0.3, -0.25) is 4.79 Å². The summed E-state index contributed by atoms with van der Waals surface area (Å²) in [6.07, 6.45) is 0.0903. The molecule has 0 atom stereocenters. The van der Waals surface area contributed by atoms with Gasteiger partial charge in [0, 0.05) is 0 Å². The molecule has 4 nitrogen and oxygen atoms in total. The monoisotopic (exact) mass is 413 g/mol. The van der Waals surface area contributed by atoms with E-state index in [9.17, 15) is 9.59 Å². The summed E-state index contributed by atoms with van der Waals surface area (Å²) in [5.41, 5.74) is 3.23. The number of rotatable bonds is 5. The highest BCUT2D eigenvalue weighted by Gasteiger charge is 2.16. The van der Waals surface area contributed by atoms with Crippen molar-refractivity contribution >= 4 is 40.8 Å². The van der Waals surface area contributed by atoms with Crippen LogP contribution in [0.1, 0.15) is 15.9 Å². The minimum Gasteiger partial charge on any atom is -0.465 e. The molecule has 0 aliphatic carbocycles. The topological polar surface area (TPSA) is 55.4 Å². The summed E-state index contributed by atoms with van der Waals surface area (Å²) < 4.78 is 4.83. The van der Waals surface area contributed by atoms with Gasteiger partial charge in [-0.05, 0) is 41.0 Å². The Hall–Kier alpha value is -2.82. The molecule has 1 N–H and O–H groups in total. The molecule has 0 aliphatic heterocycles. The predicted molar refractivity (Wildman–Crippen MR) is 112 cm³/mol. The molecule has 0 aliphatic rings. The van der Waals surface area contributed by atoms with Gasteiger partial charge in [-0.1, -0.05) is 65.7 Å². The standard InChI is InChI=1S/C22H17Cl2NO3/c1-28-22(27)17-9-8-16(15-5-3-2-4-6-15)13-20(17)25-21(26)12-14-7-10-18(23)19(24)11-14/h2-11,13H,12H2,1H3,(H,25,26).